The van der Waals surface area contributed by atoms with Gasteiger partial charge in [-0.15, -0.1) is 0 Å². The zero-order valence-corrected chi connectivity index (χ0v) is 18.5. The molecule has 1 aliphatic rings. The van der Waals surface area contributed by atoms with E-state index in [0.717, 1.165) is 11.1 Å². The Kier molecular flexibility index (Phi) is 6.75. The molecule has 1 aromatic heterocycles. The van der Waals surface area contributed by atoms with Crippen LogP contribution in [0.15, 0.2) is 42.1 Å². The van der Waals surface area contributed by atoms with Crippen LogP contribution in [0.1, 0.15) is 48.2 Å². The molecule has 0 radical (unpaired) electrons. The monoisotopic (exact) mass is 424 g/mol. The molecule has 3 rings (SSSR count). The predicted molar refractivity (Wildman–Crippen MR) is 117 cm³/mol. The van der Waals surface area contributed by atoms with E-state index >= 15 is 0 Å². The highest BCUT2D eigenvalue weighted by Gasteiger charge is 2.46. The Morgan fingerprint density at radius 3 is 2.55 bits per heavy atom. The molecule has 0 saturated carbocycles. The third kappa shape index (κ3) is 4.18. The van der Waals surface area contributed by atoms with Gasteiger partial charge in [0.25, 0.3) is 11.7 Å². The second-order valence-electron chi connectivity index (χ2n) is 7.80. The maximum atomic E-state index is 13.0. The highest BCUT2D eigenvalue weighted by atomic mass is 16.5. The Balaban J connectivity index is 2.23. The number of hydrogen-bond acceptors (Lipinski definition) is 6. The van der Waals surface area contributed by atoms with Crippen LogP contribution in [0.3, 0.4) is 0 Å². The SMILES string of the molecule is COCCN1C(=O)C(=O)/C(=C(/O)c2cc(C(C)C)c(OC)cc2C)C1c1ccccn1. The first kappa shape index (κ1) is 22.5. The number of likely N-dealkylation sites (tertiary alicyclic amines) is 1. The molecule has 31 heavy (non-hydrogen) atoms. The molecule has 1 amide bonds. The third-order valence-electron chi connectivity index (χ3n) is 5.50. The number of aliphatic hydroxyl groups is 1. The number of aryl methyl sites for hydroxylation is 1. The minimum atomic E-state index is -0.791. The highest BCUT2D eigenvalue weighted by Crippen LogP contribution is 2.40. The number of ketones is 1. The number of benzene rings is 1. The van der Waals surface area contributed by atoms with Gasteiger partial charge in [-0.05, 0) is 48.2 Å². The molecule has 1 atom stereocenters. The van der Waals surface area contributed by atoms with E-state index in [4.69, 9.17) is 9.47 Å². The summed E-state index contributed by atoms with van der Waals surface area (Å²) in [6, 6.07) is 8.15. The van der Waals surface area contributed by atoms with Gasteiger partial charge in [-0.3, -0.25) is 14.6 Å². The van der Waals surface area contributed by atoms with Crippen LogP contribution in [-0.4, -0.2) is 54.1 Å². The van der Waals surface area contributed by atoms with Gasteiger partial charge in [0, 0.05) is 25.4 Å². The summed E-state index contributed by atoms with van der Waals surface area (Å²) in [4.78, 5) is 31.6. The van der Waals surface area contributed by atoms with Crippen LogP contribution in [0.2, 0.25) is 0 Å². The number of nitrogens with zero attached hydrogens (tertiary/aromatic N) is 2. The highest BCUT2D eigenvalue weighted by molar-refractivity contribution is 6.46. The van der Waals surface area contributed by atoms with E-state index in [0.29, 0.717) is 17.0 Å². The van der Waals surface area contributed by atoms with Crippen molar-refractivity contribution in [3.63, 3.8) is 0 Å². The summed E-state index contributed by atoms with van der Waals surface area (Å²) in [5.74, 6) is -0.769. The number of amides is 1. The fourth-order valence-electron chi connectivity index (χ4n) is 3.87. The Hall–Kier alpha value is -3.19. The molecule has 164 valence electrons. The number of pyridine rings is 1. The van der Waals surface area contributed by atoms with Crippen LogP contribution in [0, 0.1) is 6.92 Å². The third-order valence-corrected chi connectivity index (χ3v) is 5.50. The fourth-order valence-corrected chi connectivity index (χ4v) is 3.87. The van der Waals surface area contributed by atoms with Crippen molar-refractivity contribution in [2.75, 3.05) is 27.4 Å². The maximum absolute atomic E-state index is 13.0. The average molecular weight is 424 g/mol. The number of aliphatic hydroxyl groups excluding tert-OH is 1. The van der Waals surface area contributed by atoms with Crippen LogP contribution in [0.4, 0.5) is 0 Å². The Morgan fingerprint density at radius 1 is 1.23 bits per heavy atom. The Bertz CT molecular complexity index is 1010. The van der Waals surface area contributed by atoms with E-state index in [-0.39, 0.29) is 30.4 Å². The fraction of sp³-hybridized carbons (Fsp3) is 0.375. The molecule has 2 heterocycles. The summed E-state index contributed by atoms with van der Waals surface area (Å²) < 4.78 is 10.6. The van der Waals surface area contributed by atoms with Gasteiger partial charge in [-0.1, -0.05) is 19.9 Å². The van der Waals surface area contributed by atoms with Crippen LogP contribution < -0.4 is 4.74 Å². The minimum absolute atomic E-state index is 0.0303. The lowest BCUT2D eigenvalue weighted by atomic mass is 9.92. The molecule has 1 aliphatic heterocycles. The molecule has 7 nitrogen and oxygen atoms in total. The van der Waals surface area contributed by atoms with E-state index in [1.807, 2.05) is 32.9 Å². The number of carbonyl (C=O) groups excluding carboxylic acids is 2. The smallest absolute Gasteiger partial charge is 0.295 e. The van der Waals surface area contributed by atoms with Crippen molar-refractivity contribution in [1.82, 2.24) is 9.88 Å². The molecule has 2 aromatic rings. The van der Waals surface area contributed by atoms with Crippen LogP contribution in [0.5, 0.6) is 5.75 Å². The van der Waals surface area contributed by atoms with Crippen molar-refractivity contribution in [2.24, 2.45) is 0 Å². The molecule has 0 bridgehead atoms. The first-order chi connectivity index (χ1) is 14.8. The van der Waals surface area contributed by atoms with Gasteiger partial charge in [0.1, 0.15) is 17.6 Å². The van der Waals surface area contributed by atoms with Gasteiger partial charge in [0.2, 0.25) is 0 Å². The summed E-state index contributed by atoms with van der Waals surface area (Å²) in [6.07, 6.45) is 1.60. The van der Waals surface area contributed by atoms with Crippen molar-refractivity contribution < 1.29 is 24.2 Å². The molecule has 1 unspecified atom stereocenters. The zero-order valence-electron chi connectivity index (χ0n) is 18.5. The largest absolute Gasteiger partial charge is 0.507 e. The summed E-state index contributed by atoms with van der Waals surface area (Å²) in [7, 11) is 3.13. The first-order valence-electron chi connectivity index (χ1n) is 10.2. The topological polar surface area (TPSA) is 89.0 Å². The molecule has 1 aromatic carbocycles. The van der Waals surface area contributed by atoms with Crippen molar-refractivity contribution >= 4 is 17.4 Å². The summed E-state index contributed by atoms with van der Waals surface area (Å²) in [5, 5.41) is 11.3. The number of ether oxygens (including phenoxy) is 2. The second kappa shape index (κ2) is 9.31. The summed E-state index contributed by atoms with van der Waals surface area (Å²) in [6.45, 7) is 6.34. The Labute approximate surface area is 182 Å². The van der Waals surface area contributed by atoms with E-state index in [2.05, 4.69) is 4.98 Å². The number of Topliss-reactive ketones (excluding diaryl/α,β-unsaturated/α-hetero) is 1. The van der Waals surface area contributed by atoms with Gasteiger partial charge in [-0.2, -0.15) is 0 Å². The van der Waals surface area contributed by atoms with E-state index in [1.54, 1.807) is 31.5 Å². The van der Waals surface area contributed by atoms with Crippen molar-refractivity contribution in [2.45, 2.75) is 32.7 Å². The lowest BCUT2D eigenvalue weighted by Gasteiger charge is -2.24. The van der Waals surface area contributed by atoms with E-state index in [9.17, 15) is 14.7 Å². The molecule has 1 fully saturated rings. The normalized spacial score (nSPS) is 18.1. The molecule has 1 saturated heterocycles. The van der Waals surface area contributed by atoms with E-state index < -0.39 is 17.7 Å². The molecule has 0 aliphatic carbocycles. The predicted octanol–water partition coefficient (Wildman–Crippen LogP) is 3.59. The number of hydrogen-bond donors (Lipinski definition) is 1. The Morgan fingerprint density at radius 2 is 1.97 bits per heavy atom. The van der Waals surface area contributed by atoms with Crippen molar-refractivity contribution in [3.8, 4) is 5.75 Å². The zero-order chi connectivity index (χ0) is 22.7. The van der Waals surface area contributed by atoms with Crippen LogP contribution >= 0.6 is 0 Å². The molecular formula is C24H28N2O5. The van der Waals surface area contributed by atoms with Gasteiger partial charge >= 0.3 is 0 Å². The lowest BCUT2D eigenvalue weighted by molar-refractivity contribution is -0.140. The van der Waals surface area contributed by atoms with Gasteiger partial charge in [-0.25, -0.2) is 0 Å². The van der Waals surface area contributed by atoms with Gasteiger partial charge in [0.05, 0.1) is 25.0 Å². The minimum Gasteiger partial charge on any atom is -0.507 e. The molecule has 1 N–H and O–H groups in total. The quantitative estimate of drug-likeness (QED) is 0.415. The van der Waals surface area contributed by atoms with Gasteiger partial charge in [0.15, 0.2) is 0 Å². The molecule has 0 spiro atoms. The second-order valence-corrected chi connectivity index (χ2v) is 7.80. The van der Waals surface area contributed by atoms with Crippen LogP contribution in [-0.2, 0) is 14.3 Å². The van der Waals surface area contributed by atoms with Crippen molar-refractivity contribution in [3.05, 3.63) is 64.5 Å². The maximum Gasteiger partial charge on any atom is 0.295 e. The number of methoxy groups -OCH3 is 2. The number of aromatic nitrogens is 1. The number of carbonyl (C=O) groups is 2. The first-order valence-corrected chi connectivity index (χ1v) is 10.2. The summed E-state index contributed by atoms with van der Waals surface area (Å²) in [5.41, 5.74) is 2.67. The average Bonchev–Trinajstić information content (AvgIpc) is 3.02. The van der Waals surface area contributed by atoms with E-state index in [1.165, 1.54) is 12.0 Å². The standard InChI is InChI=1S/C24H28N2O5/c1-14(2)16-13-17(15(3)12-19(16)31-5)22(27)20-21(18-8-6-7-9-25-18)26(10-11-30-4)24(29)23(20)28/h6-9,12-14,21,27H,10-11H2,1-5H3/b22-20+. The number of rotatable bonds is 7. The summed E-state index contributed by atoms with van der Waals surface area (Å²) >= 11 is 0. The van der Waals surface area contributed by atoms with Crippen LogP contribution in [0.25, 0.3) is 5.76 Å². The molecule has 7 heteroatoms. The van der Waals surface area contributed by atoms with Gasteiger partial charge < -0.3 is 19.5 Å². The lowest BCUT2D eigenvalue weighted by Crippen LogP contribution is -2.33. The molecular weight excluding hydrogens is 396 g/mol. The van der Waals surface area contributed by atoms with Crippen molar-refractivity contribution in [1.29, 1.82) is 0 Å².